The largest absolute Gasteiger partial charge is 0.493 e. The minimum absolute atomic E-state index is 0.147. The quantitative estimate of drug-likeness (QED) is 0.217. The zero-order valence-corrected chi connectivity index (χ0v) is 27.6. The van der Waals surface area contributed by atoms with E-state index in [4.69, 9.17) is 28.4 Å². The maximum Gasteiger partial charge on any atom is 0.338 e. The number of carbonyl (C=O) groups excluding carboxylic acids is 1. The number of nitriles is 1. The molecule has 11 nitrogen and oxygen atoms in total. The second-order valence-corrected chi connectivity index (χ2v) is 11.2. The van der Waals surface area contributed by atoms with Crippen LogP contribution >= 0.6 is 11.3 Å². The normalized spacial score (nSPS) is 14.1. The molecule has 3 aromatic carbocycles. The number of esters is 1. The number of methoxy groups -OCH3 is 4. The van der Waals surface area contributed by atoms with Crippen molar-refractivity contribution in [1.29, 1.82) is 5.26 Å². The highest BCUT2D eigenvalue weighted by atomic mass is 32.1. The number of rotatable bonds is 11. The van der Waals surface area contributed by atoms with Gasteiger partial charge in [-0.15, -0.1) is 0 Å². The Morgan fingerprint density at radius 3 is 2.32 bits per heavy atom. The van der Waals surface area contributed by atoms with Gasteiger partial charge in [0.1, 0.15) is 6.61 Å². The lowest BCUT2D eigenvalue weighted by Crippen LogP contribution is -2.40. The van der Waals surface area contributed by atoms with Crippen molar-refractivity contribution < 1.29 is 33.2 Å². The van der Waals surface area contributed by atoms with E-state index in [1.165, 1.54) is 44.3 Å². The van der Waals surface area contributed by atoms with Gasteiger partial charge in [0, 0.05) is 5.56 Å². The van der Waals surface area contributed by atoms with E-state index in [1.54, 1.807) is 62.4 Å². The highest BCUT2D eigenvalue weighted by molar-refractivity contribution is 7.07. The first-order chi connectivity index (χ1) is 22.8. The Bertz CT molecular complexity index is 2070. The van der Waals surface area contributed by atoms with E-state index < -0.39 is 12.0 Å². The third-order valence-corrected chi connectivity index (χ3v) is 8.51. The summed E-state index contributed by atoms with van der Waals surface area (Å²) in [5, 5.41) is 9.40. The molecular weight excluding hydrogens is 622 g/mol. The zero-order chi connectivity index (χ0) is 33.7. The predicted molar refractivity (Wildman–Crippen MR) is 175 cm³/mol. The molecule has 1 aromatic heterocycles. The van der Waals surface area contributed by atoms with Gasteiger partial charge >= 0.3 is 5.97 Å². The first-order valence-electron chi connectivity index (χ1n) is 14.6. The summed E-state index contributed by atoms with van der Waals surface area (Å²) in [5.74, 6) is 1.46. The van der Waals surface area contributed by atoms with E-state index in [-0.39, 0.29) is 24.3 Å². The molecule has 2 heterocycles. The summed E-state index contributed by atoms with van der Waals surface area (Å²) in [6, 6.07) is 17.2. The molecule has 242 valence electrons. The molecule has 1 aliphatic heterocycles. The fourth-order valence-electron chi connectivity index (χ4n) is 5.32. The van der Waals surface area contributed by atoms with Crippen LogP contribution in [0.1, 0.15) is 42.1 Å². The minimum Gasteiger partial charge on any atom is -0.493 e. The van der Waals surface area contributed by atoms with Gasteiger partial charge in [0.05, 0.1) is 68.5 Å². The molecule has 0 spiro atoms. The number of fused-ring (bicyclic) bond motifs is 1. The first kappa shape index (κ1) is 32.8. The fraction of sp³-hybridized carbons (Fsp3) is 0.257. The van der Waals surface area contributed by atoms with Crippen LogP contribution in [0.2, 0.25) is 0 Å². The summed E-state index contributed by atoms with van der Waals surface area (Å²) in [5.41, 5.74) is 2.81. The Morgan fingerprint density at radius 1 is 0.979 bits per heavy atom. The van der Waals surface area contributed by atoms with Crippen LogP contribution in [0, 0.1) is 11.3 Å². The monoisotopic (exact) mass is 655 g/mol. The van der Waals surface area contributed by atoms with Gasteiger partial charge in [0.25, 0.3) is 5.56 Å². The SMILES string of the molecule is CCOC(=O)C1=C(C)N=c2s/c(=C/c3ccc(OCc4ccccc4C#N)c(OC)c3)c(=O)n2[C@@H]1c1cc(OC)c(OC)c(OC)c1. The fourth-order valence-corrected chi connectivity index (χ4v) is 6.37. The Labute approximate surface area is 275 Å². The summed E-state index contributed by atoms with van der Waals surface area (Å²) >= 11 is 1.19. The smallest absolute Gasteiger partial charge is 0.338 e. The van der Waals surface area contributed by atoms with Crippen molar-refractivity contribution in [2.45, 2.75) is 26.5 Å². The number of ether oxygens (including phenoxy) is 6. The average molecular weight is 656 g/mol. The Kier molecular flexibility index (Phi) is 9.97. The second kappa shape index (κ2) is 14.3. The van der Waals surface area contributed by atoms with Gasteiger partial charge in [0.2, 0.25) is 5.75 Å². The van der Waals surface area contributed by atoms with Crippen LogP contribution in [0.5, 0.6) is 28.7 Å². The van der Waals surface area contributed by atoms with Crippen molar-refractivity contribution in [2.75, 3.05) is 35.0 Å². The topological polar surface area (TPSA) is 131 Å². The lowest BCUT2D eigenvalue weighted by atomic mass is 9.95. The van der Waals surface area contributed by atoms with Crippen LogP contribution in [-0.2, 0) is 16.1 Å². The van der Waals surface area contributed by atoms with Gasteiger partial charge in [-0.25, -0.2) is 9.79 Å². The molecule has 0 fully saturated rings. The van der Waals surface area contributed by atoms with E-state index in [9.17, 15) is 14.9 Å². The van der Waals surface area contributed by atoms with Crippen molar-refractivity contribution >= 4 is 23.4 Å². The van der Waals surface area contributed by atoms with Gasteiger partial charge in [-0.05, 0) is 61.4 Å². The maximum atomic E-state index is 14.1. The summed E-state index contributed by atoms with van der Waals surface area (Å²) in [6.07, 6.45) is 1.73. The summed E-state index contributed by atoms with van der Waals surface area (Å²) in [4.78, 5) is 32.5. The Hall–Kier alpha value is -5.54. The molecule has 0 unspecified atom stereocenters. The van der Waals surface area contributed by atoms with Crippen LogP contribution in [0.15, 0.2) is 75.7 Å². The highest BCUT2D eigenvalue weighted by Gasteiger charge is 2.34. The Morgan fingerprint density at radius 2 is 1.68 bits per heavy atom. The molecule has 0 amide bonds. The molecule has 4 aromatic rings. The minimum atomic E-state index is -0.886. The van der Waals surface area contributed by atoms with Crippen LogP contribution < -0.4 is 38.6 Å². The number of hydrogen-bond acceptors (Lipinski definition) is 11. The number of hydrogen-bond donors (Lipinski definition) is 0. The molecular formula is C35H33N3O8S. The van der Waals surface area contributed by atoms with Crippen LogP contribution in [0.25, 0.3) is 6.08 Å². The van der Waals surface area contributed by atoms with Gasteiger partial charge in [-0.3, -0.25) is 9.36 Å². The molecule has 1 aliphatic rings. The van der Waals surface area contributed by atoms with E-state index >= 15 is 0 Å². The lowest BCUT2D eigenvalue weighted by molar-refractivity contribution is -0.139. The lowest BCUT2D eigenvalue weighted by Gasteiger charge is -2.26. The number of nitrogens with zero attached hydrogens (tertiary/aromatic N) is 3. The molecule has 0 N–H and O–H groups in total. The van der Waals surface area contributed by atoms with E-state index in [2.05, 4.69) is 11.1 Å². The molecule has 1 atom stereocenters. The summed E-state index contributed by atoms with van der Waals surface area (Å²) < 4.78 is 35.5. The van der Waals surface area contributed by atoms with Gasteiger partial charge < -0.3 is 28.4 Å². The molecule has 5 rings (SSSR count). The molecule has 12 heteroatoms. The number of thiazole rings is 1. The van der Waals surface area contributed by atoms with Crippen LogP contribution in [0.4, 0.5) is 0 Å². The van der Waals surface area contributed by atoms with Crippen molar-refractivity contribution in [3.8, 4) is 34.8 Å². The summed E-state index contributed by atoms with van der Waals surface area (Å²) in [6.45, 7) is 3.76. The molecule has 0 radical (unpaired) electrons. The number of benzene rings is 3. The van der Waals surface area contributed by atoms with Crippen LogP contribution in [-0.4, -0.2) is 45.6 Å². The number of allylic oxidation sites excluding steroid dienone is 1. The zero-order valence-electron chi connectivity index (χ0n) is 26.8. The predicted octanol–water partition coefficient (Wildman–Crippen LogP) is 4.28. The number of carbonyl (C=O) groups is 1. The van der Waals surface area contributed by atoms with Crippen molar-refractivity contribution in [3.63, 3.8) is 0 Å². The number of aromatic nitrogens is 1. The van der Waals surface area contributed by atoms with Crippen molar-refractivity contribution in [1.82, 2.24) is 4.57 Å². The molecule has 0 bridgehead atoms. The maximum absolute atomic E-state index is 14.1. The van der Waals surface area contributed by atoms with E-state index in [0.29, 0.717) is 60.5 Å². The second-order valence-electron chi connectivity index (χ2n) is 10.2. The Balaban J connectivity index is 1.60. The molecule has 0 saturated carbocycles. The average Bonchev–Trinajstić information content (AvgIpc) is 3.39. The van der Waals surface area contributed by atoms with Gasteiger partial charge in [-0.1, -0.05) is 35.6 Å². The van der Waals surface area contributed by atoms with Crippen molar-refractivity contribution in [3.05, 3.63) is 108 Å². The highest BCUT2D eigenvalue weighted by Crippen LogP contribution is 2.42. The van der Waals surface area contributed by atoms with E-state index in [0.717, 1.165) is 5.56 Å². The standard InChI is InChI=1S/C35H33N3O8S/c1-7-45-34(40)30-20(2)37-35-38(31(30)24-16-27(42-4)32(44-6)28(17-24)43-5)33(39)29(47-35)15-21-12-13-25(26(14-21)41-3)46-19-23-11-9-8-10-22(23)18-36/h8-17,31H,7,19H2,1-6H3/b29-15+/t31-/m1/s1. The molecule has 47 heavy (non-hydrogen) atoms. The van der Waals surface area contributed by atoms with Crippen molar-refractivity contribution in [2.24, 2.45) is 4.99 Å². The van der Waals surface area contributed by atoms with Gasteiger partial charge in [-0.2, -0.15) is 5.26 Å². The summed E-state index contributed by atoms with van der Waals surface area (Å²) in [7, 11) is 6.02. The molecule has 0 saturated heterocycles. The third kappa shape index (κ3) is 6.43. The van der Waals surface area contributed by atoms with E-state index in [1.807, 2.05) is 12.1 Å². The van der Waals surface area contributed by atoms with Crippen LogP contribution in [0.3, 0.4) is 0 Å². The first-order valence-corrected chi connectivity index (χ1v) is 15.4. The molecule has 0 aliphatic carbocycles. The van der Waals surface area contributed by atoms with Gasteiger partial charge in [0.15, 0.2) is 27.8 Å². The third-order valence-electron chi connectivity index (χ3n) is 7.53.